The van der Waals surface area contributed by atoms with Crippen molar-refractivity contribution in [3.8, 4) is 0 Å². The van der Waals surface area contributed by atoms with Gasteiger partial charge in [-0.3, -0.25) is 18.4 Å². The Morgan fingerprint density at radius 2 is 1.71 bits per heavy atom. The normalized spacial score (nSPS) is 36.9. The van der Waals surface area contributed by atoms with Gasteiger partial charge in [0.05, 0.1) is 30.7 Å². The highest BCUT2D eigenvalue weighted by Gasteiger charge is 2.51. The number of phosphoric ester groups is 1. The quantitative estimate of drug-likeness (QED) is 0.559. The predicted octanol–water partition coefficient (Wildman–Crippen LogP) is 1.75. The largest absolute Gasteiger partial charge is 0.474 e. The second-order valence-electron chi connectivity index (χ2n) is 5.59. The zero-order valence-corrected chi connectivity index (χ0v) is 11.1. The third-order valence-corrected chi connectivity index (χ3v) is 4.04. The van der Waals surface area contributed by atoms with Crippen LogP contribution in [-0.2, 0) is 27.7 Å². The Balaban J connectivity index is 1.92. The molecule has 98 valence electrons. The summed E-state index contributed by atoms with van der Waals surface area (Å²) in [7, 11) is -3.29. The lowest BCUT2D eigenvalue weighted by molar-refractivity contribution is -0.168. The lowest BCUT2D eigenvalue weighted by Crippen LogP contribution is -2.48. The zero-order chi connectivity index (χ0) is 12.7. The minimum Gasteiger partial charge on any atom is -0.464 e. The Hall–Kier alpha value is -0.420. The van der Waals surface area contributed by atoms with Crippen molar-refractivity contribution in [1.29, 1.82) is 0 Å². The molecule has 0 atom stereocenters. The Bertz CT molecular complexity index is 340. The molecule has 3 rings (SSSR count). The fourth-order valence-corrected chi connectivity index (χ4v) is 2.96. The van der Waals surface area contributed by atoms with E-state index in [4.69, 9.17) is 18.3 Å². The van der Waals surface area contributed by atoms with Crippen LogP contribution < -0.4 is 0 Å². The maximum Gasteiger partial charge on any atom is 0.474 e. The lowest BCUT2D eigenvalue weighted by Gasteiger charge is -2.43. The van der Waals surface area contributed by atoms with Crippen molar-refractivity contribution in [2.24, 2.45) is 10.8 Å². The van der Waals surface area contributed by atoms with E-state index in [-0.39, 0.29) is 32.4 Å². The molecule has 0 aromatic rings. The number of rotatable bonds is 2. The molecule has 3 aliphatic heterocycles. The van der Waals surface area contributed by atoms with Gasteiger partial charge in [0, 0.05) is 0 Å². The standard InChI is InChI=1S/C10H17O6P/c1-9(2,3)8(11)13-4-10-5-14-17(12,15-6-10)16-7-10/h4-7H2,1-3H3. The number of esters is 1. The maximum atomic E-state index is 11.6. The summed E-state index contributed by atoms with van der Waals surface area (Å²) >= 11 is 0. The zero-order valence-electron chi connectivity index (χ0n) is 10.2. The third kappa shape index (κ3) is 2.71. The molecule has 0 amide bonds. The van der Waals surface area contributed by atoms with Crippen molar-refractivity contribution >= 4 is 13.8 Å². The number of carbonyl (C=O) groups excluding carboxylic acids is 1. The van der Waals surface area contributed by atoms with Crippen LogP contribution in [0.2, 0.25) is 0 Å². The first-order chi connectivity index (χ1) is 7.75. The van der Waals surface area contributed by atoms with Gasteiger partial charge in [0.15, 0.2) is 0 Å². The first-order valence-electron chi connectivity index (χ1n) is 5.46. The van der Waals surface area contributed by atoms with Crippen molar-refractivity contribution in [1.82, 2.24) is 0 Å². The smallest absolute Gasteiger partial charge is 0.464 e. The highest BCUT2D eigenvalue weighted by Crippen LogP contribution is 2.59. The summed E-state index contributed by atoms with van der Waals surface area (Å²) in [5.41, 5.74) is -1.06. The highest BCUT2D eigenvalue weighted by molar-refractivity contribution is 7.48. The van der Waals surface area contributed by atoms with Gasteiger partial charge >= 0.3 is 13.8 Å². The number of ether oxygens (including phenoxy) is 1. The molecule has 0 N–H and O–H groups in total. The molecule has 3 aliphatic rings. The molecule has 0 radical (unpaired) electrons. The summed E-state index contributed by atoms with van der Waals surface area (Å²) in [4.78, 5) is 11.6. The van der Waals surface area contributed by atoms with Crippen LogP contribution in [0.5, 0.6) is 0 Å². The van der Waals surface area contributed by atoms with Gasteiger partial charge in [-0.2, -0.15) is 0 Å². The third-order valence-electron chi connectivity index (χ3n) is 2.71. The summed E-state index contributed by atoms with van der Waals surface area (Å²) in [6.07, 6.45) is 0. The van der Waals surface area contributed by atoms with Gasteiger partial charge in [0.1, 0.15) is 6.61 Å². The van der Waals surface area contributed by atoms with Gasteiger partial charge in [0.2, 0.25) is 0 Å². The fraction of sp³-hybridized carbons (Fsp3) is 0.900. The predicted molar refractivity (Wildman–Crippen MR) is 58.3 cm³/mol. The van der Waals surface area contributed by atoms with E-state index in [0.29, 0.717) is 0 Å². The van der Waals surface area contributed by atoms with Gasteiger partial charge in [-0.15, -0.1) is 0 Å². The van der Waals surface area contributed by atoms with Crippen LogP contribution in [0.4, 0.5) is 0 Å². The molecule has 7 heteroatoms. The molecule has 3 fully saturated rings. The number of hydrogen-bond acceptors (Lipinski definition) is 6. The van der Waals surface area contributed by atoms with Gasteiger partial charge < -0.3 is 4.74 Å². The molecule has 0 saturated carbocycles. The van der Waals surface area contributed by atoms with Crippen molar-refractivity contribution < 1.29 is 27.7 Å². The molecule has 2 bridgehead atoms. The second kappa shape index (κ2) is 4.05. The van der Waals surface area contributed by atoms with E-state index < -0.39 is 18.7 Å². The highest BCUT2D eigenvalue weighted by atomic mass is 31.2. The molecule has 3 heterocycles. The SMILES string of the molecule is CC(C)(C)C(=O)OCC12COP(=O)(OC1)OC2. The van der Waals surface area contributed by atoms with E-state index in [1.54, 1.807) is 20.8 Å². The molecular formula is C10H17O6P. The summed E-state index contributed by atoms with van der Waals surface area (Å²) in [5, 5.41) is 0. The van der Waals surface area contributed by atoms with Crippen LogP contribution in [0, 0.1) is 10.8 Å². The molecule has 0 aromatic heterocycles. The van der Waals surface area contributed by atoms with Crippen LogP contribution in [0.1, 0.15) is 20.8 Å². The first-order valence-corrected chi connectivity index (χ1v) is 6.92. The van der Waals surface area contributed by atoms with Gasteiger partial charge in [-0.05, 0) is 20.8 Å². The second-order valence-corrected chi connectivity index (χ2v) is 7.26. The van der Waals surface area contributed by atoms with E-state index in [9.17, 15) is 9.36 Å². The molecule has 6 nitrogen and oxygen atoms in total. The first kappa shape index (κ1) is 13.0. The van der Waals surface area contributed by atoms with Crippen LogP contribution >= 0.6 is 7.82 Å². The number of fused-ring (bicyclic) bond motifs is 3. The van der Waals surface area contributed by atoms with Gasteiger partial charge in [-0.1, -0.05) is 0 Å². The topological polar surface area (TPSA) is 71.1 Å². The molecular weight excluding hydrogens is 247 g/mol. The van der Waals surface area contributed by atoms with E-state index >= 15 is 0 Å². The number of carbonyl (C=O) groups is 1. The number of phosphoric acid groups is 1. The lowest BCUT2D eigenvalue weighted by atomic mass is 9.92. The van der Waals surface area contributed by atoms with Crippen molar-refractivity contribution in [2.75, 3.05) is 26.4 Å². The average molecular weight is 264 g/mol. The van der Waals surface area contributed by atoms with Crippen LogP contribution in [-0.4, -0.2) is 32.4 Å². The van der Waals surface area contributed by atoms with E-state index in [2.05, 4.69) is 0 Å². The van der Waals surface area contributed by atoms with E-state index in [0.717, 1.165) is 0 Å². The summed E-state index contributed by atoms with van der Waals surface area (Å²) in [5.74, 6) is -0.286. The maximum absolute atomic E-state index is 11.6. The molecule has 0 aromatic carbocycles. The molecule has 17 heavy (non-hydrogen) atoms. The minimum absolute atomic E-state index is 0.156. The molecule has 0 aliphatic carbocycles. The Kier molecular flexibility index (Phi) is 3.11. The minimum atomic E-state index is -3.29. The van der Waals surface area contributed by atoms with Crippen molar-refractivity contribution in [2.45, 2.75) is 20.8 Å². The Labute approximate surface area is 100 Å². The Morgan fingerprint density at radius 3 is 2.12 bits per heavy atom. The molecule has 0 unspecified atom stereocenters. The molecule has 0 spiro atoms. The average Bonchev–Trinajstić information content (AvgIpc) is 2.27. The van der Waals surface area contributed by atoms with E-state index in [1.807, 2.05) is 0 Å². The van der Waals surface area contributed by atoms with Gasteiger partial charge in [-0.25, -0.2) is 4.57 Å². The van der Waals surface area contributed by atoms with Crippen molar-refractivity contribution in [3.05, 3.63) is 0 Å². The van der Waals surface area contributed by atoms with Crippen molar-refractivity contribution in [3.63, 3.8) is 0 Å². The molecule has 3 saturated heterocycles. The monoisotopic (exact) mass is 264 g/mol. The van der Waals surface area contributed by atoms with Crippen LogP contribution in [0.15, 0.2) is 0 Å². The van der Waals surface area contributed by atoms with Crippen LogP contribution in [0.3, 0.4) is 0 Å². The van der Waals surface area contributed by atoms with E-state index in [1.165, 1.54) is 0 Å². The summed E-state index contributed by atoms with van der Waals surface area (Å²) in [6, 6.07) is 0. The van der Waals surface area contributed by atoms with Gasteiger partial charge in [0.25, 0.3) is 0 Å². The summed E-state index contributed by atoms with van der Waals surface area (Å²) in [6.45, 7) is 6.22. The van der Waals surface area contributed by atoms with Crippen LogP contribution in [0.25, 0.3) is 0 Å². The Morgan fingerprint density at radius 1 is 1.24 bits per heavy atom. The summed E-state index contributed by atoms with van der Waals surface area (Å²) < 4.78 is 31.8. The fourth-order valence-electron chi connectivity index (χ4n) is 1.44. The number of hydrogen-bond donors (Lipinski definition) is 0.